The number of nitrogens with zero attached hydrogens (tertiary/aromatic N) is 2. The van der Waals surface area contributed by atoms with E-state index in [1.165, 1.54) is 19.5 Å². The summed E-state index contributed by atoms with van der Waals surface area (Å²) in [6.45, 7) is 10.0. The van der Waals surface area contributed by atoms with Crippen LogP contribution in [-0.4, -0.2) is 80.0 Å². The molecular weight excluding hydrogens is 254 g/mol. The number of rotatable bonds is 5. The molecule has 3 aliphatic rings. The molecule has 0 amide bonds. The number of hydrogen-bond acceptors (Lipinski definition) is 5. The van der Waals surface area contributed by atoms with Gasteiger partial charge < -0.3 is 15.2 Å². The summed E-state index contributed by atoms with van der Waals surface area (Å²) >= 11 is 0. The summed E-state index contributed by atoms with van der Waals surface area (Å²) in [6, 6.07) is 0.702. The van der Waals surface area contributed by atoms with Gasteiger partial charge in [-0.3, -0.25) is 9.80 Å². The lowest BCUT2D eigenvalue weighted by Crippen LogP contribution is -2.63. The Bertz CT molecular complexity index is 314. The topological polar surface area (TPSA) is 51.0 Å². The van der Waals surface area contributed by atoms with Gasteiger partial charge in [0.1, 0.15) is 0 Å². The van der Waals surface area contributed by atoms with Gasteiger partial charge in [-0.2, -0.15) is 0 Å². The maximum absolute atomic E-state index is 6.10. The van der Waals surface area contributed by atoms with Crippen LogP contribution in [0.25, 0.3) is 0 Å². The fraction of sp³-hybridized carbons (Fsp3) is 1.00. The molecule has 116 valence electrons. The minimum absolute atomic E-state index is 0.223. The first-order valence-corrected chi connectivity index (χ1v) is 8.16. The van der Waals surface area contributed by atoms with Gasteiger partial charge in [0.2, 0.25) is 0 Å². The van der Waals surface area contributed by atoms with Gasteiger partial charge in [0.05, 0.1) is 19.3 Å². The lowest BCUT2D eigenvalue weighted by molar-refractivity contribution is -0.0953. The van der Waals surface area contributed by atoms with Gasteiger partial charge in [-0.25, -0.2) is 0 Å². The van der Waals surface area contributed by atoms with Gasteiger partial charge in [0.15, 0.2) is 0 Å². The summed E-state index contributed by atoms with van der Waals surface area (Å²) in [5.41, 5.74) is 6.32. The molecule has 2 saturated heterocycles. The molecule has 2 aliphatic heterocycles. The van der Waals surface area contributed by atoms with E-state index >= 15 is 0 Å². The Labute approximate surface area is 122 Å². The molecule has 3 rings (SSSR count). The zero-order valence-corrected chi connectivity index (χ0v) is 12.7. The molecule has 1 saturated carbocycles. The number of nitrogens with two attached hydrogens (primary N) is 1. The molecular formula is C15H29N3O2. The minimum atomic E-state index is 0.223. The van der Waals surface area contributed by atoms with Gasteiger partial charge in [-0.1, -0.05) is 0 Å². The van der Waals surface area contributed by atoms with E-state index in [0.717, 1.165) is 52.3 Å². The van der Waals surface area contributed by atoms with Crippen molar-refractivity contribution in [2.75, 3.05) is 52.5 Å². The summed E-state index contributed by atoms with van der Waals surface area (Å²) in [5.74, 6) is 0. The molecule has 20 heavy (non-hydrogen) atoms. The van der Waals surface area contributed by atoms with Crippen LogP contribution < -0.4 is 5.73 Å². The lowest BCUT2D eigenvalue weighted by Gasteiger charge is -2.52. The molecule has 5 nitrogen and oxygen atoms in total. The molecule has 0 aromatic heterocycles. The highest BCUT2D eigenvalue weighted by Crippen LogP contribution is 2.41. The molecule has 1 atom stereocenters. The standard InChI is InChI=1S/C15H29N3O2/c1-2-20-14-9-15(10-14,12-16)18-4-3-13(11-18)17-5-7-19-8-6-17/h13-14H,2-12,16H2,1H3. The van der Waals surface area contributed by atoms with Crippen LogP contribution in [-0.2, 0) is 9.47 Å². The average Bonchev–Trinajstić information content (AvgIpc) is 2.93. The van der Waals surface area contributed by atoms with Crippen molar-refractivity contribution in [2.45, 2.75) is 43.9 Å². The molecule has 3 fully saturated rings. The quantitative estimate of drug-likeness (QED) is 0.786. The zero-order valence-electron chi connectivity index (χ0n) is 12.7. The first kappa shape index (κ1) is 14.7. The highest BCUT2D eigenvalue weighted by atomic mass is 16.5. The fourth-order valence-electron chi connectivity index (χ4n) is 4.11. The molecule has 0 aromatic carbocycles. The SMILES string of the molecule is CCOC1CC(CN)(N2CCC(N3CCOCC3)C2)C1. The van der Waals surface area contributed by atoms with Crippen molar-refractivity contribution in [3.63, 3.8) is 0 Å². The Morgan fingerprint density at radius 3 is 2.65 bits per heavy atom. The summed E-state index contributed by atoms with van der Waals surface area (Å²) in [4.78, 5) is 5.25. The maximum atomic E-state index is 6.10. The normalized spacial score (nSPS) is 39.9. The number of likely N-dealkylation sites (tertiary alicyclic amines) is 1. The fourth-order valence-corrected chi connectivity index (χ4v) is 4.11. The third kappa shape index (κ3) is 2.74. The Balaban J connectivity index is 1.53. The van der Waals surface area contributed by atoms with Crippen LogP contribution in [0, 0.1) is 0 Å². The molecule has 0 radical (unpaired) electrons. The molecule has 0 aromatic rings. The third-order valence-corrected chi connectivity index (χ3v) is 5.39. The predicted octanol–water partition coefficient (Wildman–Crippen LogP) is 0.289. The van der Waals surface area contributed by atoms with Crippen LogP contribution in [0.3, 0.4) is 0 Å². The Morgan fingerprint density at radius 2 is 2.00 bits per heavy atom. The van der Waals surface area contributed by atoms with Crippen LogP contribution in [0.1, 0.15) is 26.2 Å². The second-order valence-electron chi connectivity index (χ2n) is 6.45. The van der Waals surface area contributed by atoms with Gasteiger partial charge in [0.25, 0.3) is 0 Å². The summed E-state index contributed by atoms with van der Waals surface area (Å²) in [5, 5.41) is 0. The van der Waals surface area contributed by atoms with Gasteiger partial charge in [0, 0.05) is 50.9 Å². The van der Waals surface area contributed by atoms with E-state index in [1.54, 1.807) is 0 Å². The minimum Gasteiger partial charge on any atom is -0.379 e. The van der Waals surface area contributed by atoms with Crippen LogP contribution in [0.15, 0.2) is 0 Å². The highest BCUT2D eigenvalue weighted by molar-refractivity contribution is 5.07. The van der Waals surface area contributed by atoms with Gasteiger partial charge in [-0.05, 0) is 26.2 Å². The van der Waals surface area contributed by atoms with E-state index in [4.69, 9.17) is 15.2 Å². The van der Waals surface area contributed by atoms with Crippen molar-refractivity contribution in [3.05, 3.63) is 0 Å². The second-order valence-corrected chi connectivity index (χ2v) is 6.45. The van der Waals surface area contributed by atoms with Crippen LogP contribution in [0.2, 0.25) is 0 Å². The molecule has 1 aliphatic carbocycles. The Hall–Kier alpha value is -0.200. The molecule has 2 N–H and O–H groups in total. The maximum Gasteiger partial charge on any atom is 0.0611 e. The summed E-state index contributed by atoms with van der Waals surface area (Å²) < 4.78 is 11.2. The second kappa shape index (κ2) is 6.28. The van der Waals surface area contributed by atoms with Crippen molar-refractivity contribution in [3.8, 4) is 0 Å². The Morgan fingerprint density at radius 1 is 1.25 bits per heavy atom. The molecule has 2 heterocycles. The van der Waals surface area contributed by atoms with E-state index in [1.807, 2.05) is 0 Å². The smallest absolute Gasteiger partial charge is 0.0611 e. The van der Waals surface area contributed by atoms with E-state index < -0.39 is 0 Å². The largest absolute Gasteiger partial charge is 0.379 e. The highest BCUT2D eigenvalue weighted by Gasteiger charge is 2.50. The third-order valence-electron chi connectivity index (χ3n) is 5.39. The van der Waals surface area contributed by atoms with Gasteiger partial charge >= 0.3 is 0 Å². The van der Waals surface area contributed by atoms with Crippen molar-refractivity contribution >= 4 is 0 Å². The monoisotopic (exact) mass is 283 g/mol. The molecule has 5 heteroatoms. The van der Waals surface area contributed by atoms with Crippen LogP contribution in [0.5, 0.6) is 0 Å². The van der Waals surface area contributed by atoms with E-state index in [-0.39, 0.29) is 5.54 Å². The summed E-state index contributed by atoms with van der Waals surface area (Å²) in [7, 11) is 0. The number of morpholine rings is 1. The zero-order chi connectivity index (χ0) is 14.0. The van der Waals surface area contributed by atoms with E-state index in [9.17, 15) is 0 Å². The van der Waals surface area contributed by atoms with Crippen LogP contribution in [0.4, 0.5) is 0 Å². The van der Waals surface area contributed by atoms with Gasteiger partial charge in [-0.15, -0.1) is 0 Å². The molecule has 0 bridgehead atoms. The molecule has 0 spiro atoms. The van der Waals surface area contributed by atoms with E-state index in [2.05, 4.69) is 16.7 Å². The van der Waals surface area contributed by atoms with Crippen LogP contribution >= 0.6 is 0 Å². The van der Waals surface area contributed by atoms with E-state index in [0.29, 0.717) is 12.1 Å². The van der Waals surface area contributed by atoms with Crippen molar-refractivity contribution < 1.29 is 9.47 Å². The average molecular weight is 283 g/mol. The van der Waals surface area contributed by atoms with Crippen molar-refractivity contribution in [1.29, 1.82) is 0 Å². The predicted molar refractivity (Wildman–Crippen MR) is 78.8 cm³/mol. The number of hydrogen-bond donors (Lipinski definition) is 1. The summed E-state index contributed by atoms with van der Waals surface area (Å²) in [6.07, 6.45) is 3.95. The lowest BCUT2D eigenvalue weighted by atomic mass is 9.73. The Kier molecular flexibility index (Phi) is 4.62. The first-order valence-electron chi connectivity index (χ1n) is 8.16. The van der Waals surface area contributed by atoms with Crippen molar-refractivity contribution in [2.24, 2.45) is 5.73 Å². The molecule has 1 unspecified atom stereocenters. The number of ether oxygens (including phenoxy) is 2. The first-order chi connectivity index (χ1) is 9.77. The van der Waals surface area contributed by atoms with Crippen molar-refractivity contribution in [1.82, 2.24) is 9.80 Å².